The number of carbonyl (C=O) groups excluding carboxylic acids is 2. The molecule has 0 fully saturated rings. The van der Waals surface area contributed by atoms with Crippen LogP contribution in [0.5, 0.6) is 17.2 Å². The lowest BCUT2D eigenvalue weighted by Gasteiger charge is -2.13. The number of hydrogen-bond donors (Lipinski definition) is 2. The average molecular weight is 432 g/mol. The maximum atomic E-state index is 12.4. The quantitative estimate of drug-likeness (QED) is 0.584. The van der Waals surface area contributed by atoms with Crippen LogP contribution >= 0.6 is 0 Å². The Kier molecular flexibility index (Phi) is 6.87. The largest absolute Gasteiger partial charge is 0.490 e. The van der Waals surface area contributed by atoms with Gasteiger partial charge in [0.25, 0.3) is 11.8 Å². The number of amides is 2. The zero-order chi connectivity index (χ0) is 22.2. The number of para-hydroxylation sites is 1. The van der Waals surface area contributed by atoms with Crippen LogP contribution in [0.25, 0.3) is 0 Å². The number of fused-ring (bicyclic) bond motifs is 1. The molecule has 0 saturated carbocycles. The summed E-state index contributed by atoms with van der Waals surface area (Å²) < 4.78 is 16.9. The zero-order valence-electron chi connectivity index (χ0n) is 17.5. The van der Waals surface area contributed by atoms with E-state index in [2.05, 4.69) is 10.9 Å². The van der Waals surface area contributed by atoms with Gasteiger partial charge in [-0.2, -0.15) is 0 Å². The minimum atomic E-state index is -0.470. The third-order valence-electron chi connectivity index (χ3n) is 4.89. The summed E-state index contributed by atoms with van der Waals surface area (Å²) in [7, 11) is 0. The molecule has 1 heterocycles. The van der Waals surface area contributed by atoms with Gasteiger partial charge in [0.05, 0.1) is 13.2 Å². The average Bonchev–Trinajstić information content (AvgIpc) is 3.07. The molecule has 2 amide bonds. The van der Waals surface area contributed by atoms with Crippen molar-refractivity contribution in [1.82, 2.24) is 10.9 Å². The van der Waals surface area contributed by atoms with Crippen LogP contribution in [0, 0.1) is 0 Å². The Morgan fingerprint density at radius 3 is 2.44 bits per heavy atom. The van der Waals surface area contributed by atoms with E-state index in [0.29, 0.717) is 42.4 Å². The first kappa shape index (κ1) is 21.2. The molecule has 0 saturated heterocycles. The van der Waals surface area contributed by atoms with E-state index in [1.165, 1.54) is 0 Å². The summed E-state index contributed by atoms with van der Waals surface area (Å²) in [4.78, 5) is 24.6. The molecule has 32 heavy (non-hydrogen) atoms. The molecular formula is C25H24N2O5. The van der Waals surface area contributed by atoms with E-state index >= 15 is 0 Å². The first-order chi connectivity index (χ1) is 15.7. The minimum absolute atomic E-state index is 0.229. The Morgan fingerprint density at radius 2 is 1.59 bits per heavy atom. The molecule has 0 aliphatic carbocycles. The van der Waals surface area contributed by atoms with Crippen molar-refractivity contribution in [2.24, 2.45) is 0 Å². The molecule has 7 nitrogen and oxygen atoms in total. The second-order valence-corrected chi connectivity index (χ2v) is 7.27. The second kappa shape index (κ2) is 10.3. The number of hydrogen-bond acceptors (Lipinski definition) is 5. The number of hydrazine groups is 1. The molecule has 4 rings (SSSR count). The summed E-state index contributed by atoms with van der Waals surface area (Å²) >= 11 is 0. The molecule has 3 aromatic carbocycles. The van der Waals surface area contributed by atoms with E-state index in [1.807, 2.05) is 54.6 Å². The van der Waals surface area contributed by atoms with Gasteiger partial charge in [-0.3, -0.25) is 20.4 Å². The molecule has 2 N–H and O–H groups in total. The highest BCUT2D eigenvalue weighted by Crippen LogP contribution is 2.30. The van der Waals surface area contributed by atoms with Gasteiger partial charge in [0, 0.05) is 18.4 Å². The Bertz CT molecular complexity index is 1080. The van der Waals surface area contributed by atoms with Gasteiger partial charge in [0.1, 0.15) is 5.75 Å². The Morgan fingerprint density at radius 1 is 0.844 bits per heavy atom. The van der Waals surface area contributed by atoms with Crippen LogP contribution in [0.4, 0.5) is 0 Å². The summed E-state index contributed by atoms with van der Waals surface area (Å²) in [5.41, 5.74) is 7.25. The standard InChI is InChI=1S/C25H24N2O5/c28-24(17-32-21-10-5-4-9-19(21)15-18-7-2-1-3-8-18)26-27-25(29)20-11-12-22-23(16-20)31-14-6-13-30-22/h1-5,7-12,16H,6,13-15,17H2,(H,26,28)(H,27,29). The van der Waals surface area contributed by atoms with Gasteiger partial charge >= 0.3 is 0 Å². The third-order valence-corrected chi connectivity index (χ3v) is 4.89. The molecule has 0 atom stereocenters. The lowest BCUT2D eigenvalue weighted by Crippen LogP contribution is -2.43. The predicted octanol–water partition coefficient (Wildman–Crippen LogP) is 3.28. The molecule has 0 unspecified atom stereocenters. The van der Waals surface area contributed by atoms with Crippen LogP contribution in [0.1, 0.15) is 27.9 Å². The summed E-state index contributed by atoms with van der Waals surface area (Å²) in [5.74, 6) is 0.812. The lowest BCUT2D eigenvalue weighted by molar-refractivity contribution is -0.123. The smallest absolute Gasteiger partial charge is 0.276 e. The summed E-state index contributed by atoms with van der Waals surface area (Å²) in [6.45, 7) is 0.869. The fraction of sp³-hybridized carbons (Fsp3) is 0.200. The number of benzene rings is 3. The first-order valence-electron chi connectivity index (χ1n) is 10.4. The van der Waals surface area contributed by atoms with E-state index in [0.717, 1.165) is 17.5 Å². The summed E-state index contributed by atoms with van der Waals surface area (Å²) in [6.07, 6.45) is 1.47. The summed E-state index contributed by atoms with van der Waals surface area (Å²) in [5, 5.41) is 0. The highest BCUT2D eigenvalue weighted by molar-refractivity contribution is 5.96. The van der Waals surface area contributed by atoms with E-state index in [1.54, 1.807) is 18.2 Å². The van der Waals surface area contributed by atoms with Gasteiger partial charge in [-0.15, -0.1) is 0 Å². The van der Waals surface area contributed by atoms with Crippen LogP contribution in [-0.4, -0.2) is 31.6 Å². The van der Waals surface area contributed by atoms with E-state index in [9.17, 15) is 9.59 Å². The van der Waals surface area contributed by atoms with Crippen LogP contribution in [0.3, 0.4) is 0 Å². The van der Waals surface area contributed by atoms with Gasteiger partial charge in [0.2, 0.25) is 0 Å². The molecular weight excluding hydrogens is 408 g/mol. The highest BCUT2D eigenvalue weighted by Gasteiger charge is 2.15. The van der Waals surface area contributed by atoms with Crippen LogP contribution < -0.4 is 25.1 Å². The first-order valence-corrected chi connectivity index (χ1v) is 10.4. The molecule has 3 aromatic rings. The van der Waals surface area contributed by atoms with E-state index in [-0.39, 0.29) is 6.61 Å². The third kappa shape index (κ3) is 5.57. The highest BCUT2D eigenvalue weighted by atomic mass is 16.5. The fourth-order valence-electron chi connectivity index (χ4n) is 3.29. The Hall–Kier alpha value is -4.00. The SMILES string of the molecule is O=C(COc1ccccc1Cc1ccccc1)NNC(=O)c1ccc2c(c1)OCCCO2. The fourth-order valence-corrected chi connectivity index (χ4v) is 3.29. The van der Waals surface area contributed by atoms with Crippen LogP contribution in [0.15, 0.2) is 72.8 Å². The monoisotopic (exact) mass is 432 g/mol. The normalized spacial score (nSPS) is 12.4. The lowest BCUT2D eigenvalue weighted by atomic mass is 10.0. The number of nitrogens with one attached hydrogen (secondary N) is 2. The molecule has 1 aliphatic heterocycles. The van der Waals surface area contributed by atoms with Crippen molar-refractivity contribution in [2.75, 3.05) is 19.8 Å². The minimum Gasteiger partial charge on any atom is -0.490 e. The number of ether oxygens (including phenoxy) is 3. The molecule has 0 spiro atoms. The van der Waals surface area contributed by atoms with Crippen LogP contribution in [0.2, 0.25) is 0 Å². The van der Waals surface area contributed by atoms with Gasteiger partial charge in [0.15, 0.2) is 18.1 Å². The van der Waals surface area contributed by atoms with Gasteiger partial charge in [-0.05, 0) is 35.4 Å². The van der Waals surface area contributed by atoms with Crippen molar-refractivity contribution in [3.8, 4) is 17.2 Å². The Balaban J connectivity index is 1.29. The second-order valence-electron chi connectivity index (χ2n) is 7.27. The molecule has 0 radical (unpaired) electrons. The summed E-state index contributed by atoms with van der Waals surface area (Å²) in [6, 6.07) is 22.5. The predicted molar refractivity (Wildman–Crippen MR) is 119 cm³/mol. The van der Waals surface area contributed by atoms with Gasteiger partial charge < -0.3 is 14.2 Å². The van der Waals surface area contributed by atoms with Gasteiger partial charge in [-0.1, -0.05) is 48.5 Å². The number of carbonyl (C=O) groups is 2. The van der Waals surface area contributed by atoms with Crippen molar-refractivity contribution < 1.29 is 23.8 Å². The van der Waals surface area contributed by atoms with Crippen molar-refractivity contribution >= 4 is 11.8 Å². The van der Waals surface area contributed by atoms with Crippen LogP contribution in [-0.2, 0) is 11.2 Å². The number of rotatable bonds is 6. The molecule has 164 valence electrons. The maximum absolute atomic E-state index is 12.4. The van der Waals surface area contributed by atoms with Crippen molar-refractivity contribution in [1.29, 1.82) is 0 Å². The Labute approximate surface area is 186 Å². The van der Waals surface area contributed by atoms with E-state index < -0.39 is 11.8 Å². The van der Waals surface area contributed by atoms with Crippen molar-refractivity contribution in [2.45, 2.75) is 12.8 Å². The molecule has 0 aromatic heterocycles. The zero-order valence-corrected chi connectivity index (χ0v) is 17.5. The molecule has 7 heteroatoms. The van der Waals surface area contributed by atoms with Crippen molar-refractivity contribution in [3.05, 3.63) is 89.5 Å². The topological polar surface area (TPSA) is 85.9 Å². The van der Waals surface area contributed by atoms with Gasteiger partial charge in [-0.25, -0.2) is 0 Å². The molecule has 1 aliphatic rings. The van der Waals surface area contributed by atoms with E-state index in [4.69, 9.17) is 14.2 Å². The van der Waals surface area contributed by atoms with Crippen molar-refractivity contribution in [3.63, 3.8) is 0 Å². The maximum Gasteiger partial charge on any atom is 0.276 e. The molecule has 0 bridgehead atoms.